The van der Waals surface area contributed by atoms with E-state index in [9.17, 15) is 9.59 Å². The Morgan fingerprint density at radius 2 is 2.08 bits per heavy atom. The molecule has 1 aromatic carbocycles. The second kappa shape index (κ2) is 6.93. The second-order valence-electron chi connectivity index (χ2n) is 7.49. The highest BCUT2D eigenvalue weighted by Crippen LogP contribution is 2.33. The average molecular weight is 329 g/mol. The Kier molecular flexibility index (Phi) is 4.90. The maximum atomic E-state index is 12.9. The maximum absolute atomic E-state index is 12.9. The number of hydrogen-bond acceptors (Lipinski definition) is 3. The van der Waals surface area contributed by atoms with Crippen molar-refractivity contribution < 1.29 is 9.59 Å². The van der Waals surface area contributed by atoms with Gasteiger partial charge < -0.3 is 16.0 Å². The van der Waals surface area contributed by atoms with Gasteiger partial charge in [-0.1, -0.05) is 19.1 Å². The van der Waals surface area contributed by atoms with Crippen LogP contribution in [0.1, 0.15) is 42.1 Å². The average Bonchev–Trinajstić information content (AvgIpc) is 3.03. The molecule has 2 aliphatic rings. The zero-order chi connectivity index (χ0) is 17.2. The first-order valence-electron chi connectivity index (χ1n) is 8.87. The third kappa shape index (κ3) is 3.61. The third-order valence-corrected chi connectivity index (χ3v) is 5.53. The van der Waals surface area contributed by atoms with E-state index in [0.717, 1.165) is 57.4 Å². The monoisotopic (exact) mass is 329 g/mol. The lowest BCUT2D eigenvalue weighted by molar-refractivity contribution is -0.141. The number of piperidine rings is 1. The molecular weight excluding hydrogens is 302 g/mol. The molecule has 2 fully saturated rings. The van der Waals surface area contributed by atoms with Crippen LogP contribution in [0, 0.1) is 11.3 Å². The number of benzene rings is 1. The van der Waals surface area contributed by atoms with E-state index < -0.39 is 0 Å². The number of hydrogen-bond donors (Lipinski definition) is 2. The lowest BCUT2D eigenvalue weighted by Gasteiger charge is -2.36. The van der Waals surface area contributed by atoms with Crippen LogP contribution in [0.15, 0.2) is 24.3 Å². The summed E-state index contributed by atoms with van der Waals surface area (Å²) in [5, 5.41) is 3.33. The fourth-order valence-electron chi connectivity index (χ4n) is 3.94. The minimum absolute atomic E-state index is 0.202. The Labute approximate surface area is 143 Å². The SMILES string of the molecule is CC1(C(=O)N2CC[C@H](Cc3cccc(C(N)=O)c3)C2)CCNCC1. The molecule has 2 heterocycles. The number of amides is 2. The zero-order valence-electron chi connectivity index (χ0n) is 14.4. The summed E-state index contributed by atoms with van der Waals surface area (Å²) in [5.41, 5.74) is 6.83. The van der Waals surface area contributed by atoms with Gasteiger partial charge in [0.1, 0.15) is 0 Å². The summed E-state index contributed by atoms with van der Waals surface area (Å²) < 4.78 is 0. The number of rotatable bonds is 4. The summed E-state index contributed by atoms with van der Waals surface area (Å²) in [5.74, 6) is 0.388. The fraction of sp³-hybridized carbons (Fsp3) is 0.579. The van der Waals surface area contributed by atoms with E-state index in [4.69, 9.17) is 5.73 Å². The largest absolute Gasteiger partial charge is 0.366 e. The quantitative estimate of drug-likeness (QED) is 0.880. The molecule has 0 aromatic heterocycles. The van der Waals surface area contributed by atoms with Crippen LogP contribution < -0.4 is 11.1 Å². The van der Waals surface area contributed by atoms with Crippen molar-refractivity contribution in [3.05, 3.63) is 35.4 Å². The van der Waals surface area contributed by atoms with Gasteiger partial charge in [0, 0.05) is 24.1 Å². The predicted molar refractivity (Wildman–Crippen MR) is 93.6 cm³/mol. The molecule has 2 amide bonds. The number of likely N-dealkylation sites (tertiary alicyclic amines) is 1. The molecule has 3 rings (SSSR count). The minimum atomic E-state index is -0.390. The molecule has 0 spiro atoms. The van der Waals surface area contributed by atoms with Gasteiger partial charge in [-0.15, -0.1) is 0 Å². The van der Waals surface area contributed by atoms with Crippen molar-refractivity contribution >= 4 is 11.8 Å². The standard InChI is InChI=1S/C19H27N3O2/c1-19(6-8-21-9-7-19)18(24)22-10-5-15(13-22)11-14-3-2-4-16(12-14)17(20)23/h2-4,12,15,21H,5-11,13H2,1H3,(H2,20,23)/t15-/m1/s1. The molecule has 0 unspecified atom stereocenters. The first kappa shape index (κ1) is 17.0. The van der Waals surface area contributed by atoms with E-state index in [1.807, 2.05) is 23.1 Å². The number of carbonyl (C=O) groups is 2. The zero-order valence-corrected chi connectivity index (χ0v) is 14.4. The molecule has 5 heteroatoms. The van der Waals surface area contributed by atoms with Crippen LogP contribution in [0.25, 0.3) is 0 Å². The van der Waals surface area contributed by atoms with Gasteiger partial charge in [-0.3, -0.25) is 9.59 Å². The molecule has 0 aliphatic carbocycles. The van der Waals surface area contributed by atoms with Crippen molar-refractivity contribution in [3.63, 3.8) is 0 Å². The van der Waals surface area contributed by atoms with Crippen LogP contribution in [0.3, 0.4) is 0 Å². The first-order valence-corrected chi connectivity index (χ1v) is 8.87. The molecule has 3 N–H and O–H groups in total. The van der Waals surface area contributed by atoms with E-state index in [-0.39, 0.29) is 11.3 Å². The van der Waals surface area contributed by atoms with Crippen LogP contribution in [-0.2, 0) is 11.2 Å². The van der Waals surface area contributed by atoms with Gasteiger partial charge in [-0.2, -0.15) is 0 Å². The molecule has 5 nitrogen and oxygen atoms in total. The van der Waals surface area contributed by atoms with Gasteiger partial charge in [-0.05, 0) is 62.4 Å². The van der Waals surface area contributed by atoms with Crippen LogP contribution in [0.4, 0.5) is 0 Å². The Balaban J connectivity index is 1.60. The topological polar surface area (TPSA) is 75.4 Å². The van der Waals surface area contributed by atoms with Crippen molar-refractivity contribution in [2.24, 2.45) is 17.1 Å². The lowest BCUT2D eigenvalue weighted by atomic mass is 9.79. The number of nitrogens with two attached hydrogens (primary N) is 1. The van der Waals surface area contributed by atoms with Crippen molar-refractivity contribution in [1.82, 2.24) is 10.2 Å². The van der Waals surface area contributed by atoms with Gasteiger partial charge >= 0.3 is 0 Å². The first-order chi connectivity index (χ1) is 11.5. The summed E-state index contributed by atoms with van der Waals surface area (Å²) in [6, 6.07) is 7.53. The smallest absolute Gasteiger partial charge is 0.248 e. The van der Waals surface area contributed by atoms with E-state index in [0.29, 0.717) is 17.4 Å². The van der Waals surface area contributed by atoms with Crippen molar-refractivity contribution in [2.75, 3.05) is 26.2 Å². The summed E-state index contributed by atoms with van der Waals surface area (Å²) >= 11 is 0. The number of nitrogens with one attached hydrogen (secondary N) is 1. The highest BCUT2D eigenvalue weighted by Gasteiger charge is 2.39. The Morgan fingerprint density at radius 1 is 1.33 bits per heavy atom. The van der Waals surface area contributed by atoms with Gasteiger partial charge in [-0.25, -0.2) is 0 Å². The summed E-state index contributed by atoms with van der Waals surface area (Å²) in [6.07, 6.45) is 3.77. The van der Waals surface area contributed by atoms with Crippen LogP contribution >= 0.6 is 0 Å². The summed E-state index contributed by atoms with van der Waals surface area (Å²) in [4.78, 5) is 26.3. The Bertz CT molecular complexity index is 623. The van der Waals surface area contributed by atoms with Gasteiger partial charge in [0.15, 0.2) is 0 Å². The number of nitrogens with zero attached hydrogens (tertiary/aromatic N) is 1. The van der Waals surface area contributed by atoms with Crippen molar-refractivity contribution in [3.8, 4) is 0 Å². The molecular formula is C19H27N3O2. The predicted octanol–water partition coefficient (Wildman–Crippen LogP) is 1.57. The highest BCUT2D eigenvalue weighted by molar-refractivity contribution is 5.92. The maximum Gasteiger partial charge on any atom is 0.248 e. The van der Waals surface area contributed by atoms with Crippen molar-refractivity contribution in [2.45, 2.75) is 32.6 Å². The second-order valence-corrected chi connectivity index (χ2v) is 7.49. The molecule has 2 saturated heterocycles. The van der Waals surface area contributed by atoms with Crippen LogP contribution in [0.5, 0.6) is 0 Å². The molecule has 0 saturated carbocycles. The van der Waals surface area contributed by atoms with Crippen LogP contribution in [-0.4, -0.2) is 42.9 Å². The van der Waals surface area contributed by atoms with E-state index >= 15 is 0 Å². The Morgan fingerprint density at radius 3 is 2.79 bits per heavy atom. The lowest BCUT2D eigenvalue weighted by Crippen LogP contribution is -2.47. The molecule has 0 radical (unpaired) electrons. The summed E-state index contributed by atoms with van der Waals surface area (Å²) in [6.45, 7) is 5.64. The minimum Gasteiger partial charge on any atom is -0.366 e. The van der Waals surface area contributed by atoms with Gasteiger partial charge in [0.2, 0.25) is 11.8 Å². The van der Waals surface area contributed by atoms with Crippen molar-refractivity contribution in [1.29, 1.82) is 0 Å². The molecule has 130 valence electrons. The molecule has 0 bridgehead atoms. The molecule has 1 aromatic rings. The number of carbonyl (C=O) groups excluding carboxylic acids is 2. The molecule has 1 atom stereocenters. The number of primary amides is 1. The van der Waals surface area contributed by atoms with E-state index in [1.165, 1.54) is 0 Å². The Hall–Kier alpha value is -1.88. The summed E-state index contributed by atoms with van der Waals surface area (Å²) in [7, 11) is 0. The van der Waals surface area contributed by atoms with Gasteiger partial charge in [0.25, 0.3) is 0 Å². The van der Waals surface area contributed by atoms with E-state index in [2.05, 4.69) is 12.2 Å². The van der Waals surface area contributed by atoms with Gasteiger partial charge in [0.05, 0.1) is 0 Å². The third-order valence-electron chi connectivity index (χ3n) is 5.53. The molecule has 24 heavy (non-hydrogen) atoms. The van der Waals surface area contributed by atoms with E-state index in [1.54, 1.807) is 6.07 Å². The normalized spacial score (nSPS) is 23.2. The molecule has 2 aliphatic heterocycles. The van der Waals surface area contributed by atoms with Crippen LogP contribution in [0.2, 0.25) is 0 Å². The highest BCUT2D eigenvalue weighted by atomic mass is 16.2. The fourth-order valence-corrected chi connectivity index (χ4v) is 3.94.